The van der Waals surface area contributed by atoms with Crippen molar-refractivity contribution in [2.75, 3.05) is 0 Å². The second-order valence-electron chi connectivity index (χ2n) is 3.00. The Bertz CT molecular complexity index is 228. The second-order valence-corrected chi connectivity index (χ2v) is 3.00. The molecule has 1 aliphatic carbocycles. The molecule has 1 rings (SSSR count). The zero-order valence-electron chi connectivity index (χ0n) is 6.88. The maximum Gasteiger partial charge on any atom is 0.331 e. The molecule has 0 heterocycles. The average Bonchev–Trinajstić information content (AvgIpc) is 1.95. The minimum Gasteiger partial charge on any atom is -0.478 e. The number of aliphatic carboxylic acids is 1. The fourth-order valence-electron chi connectivity index (χ4n) is 1.28. The normalized spacial score (nSPS) is 23.7. The van der Waals surface area contributed by atoms with Gasteiger partial charge < -0.3 is 5.11 Å². The summed E-state index contributed by atoms with van der Waals surface area (Å²) in [6, 6.07) is 0. The highest BCUT2D eigenvalue weighted by Gasteiger charge is 2.13. The Morgan fingerprint density at radius 1 is 1.42 bits per heavy atom. The standard InChI is InChI=1S/C9H12O3/c10-8-5-3-1-2-4-7(6-8)9(11)12/h4H,1-3,5-6H2,(H,11,12)/b7-4+. The van der Waals surface area contributed by atoms with Gasteiger partial charge in [0.25, 0.3) is 0 Å². The van der Waals surface area contributed by atoms with Gasteiger partial charge in [0.15, 0.2) is 0 Å². The van der Waals surface area contributed by atoms with E-state index in [0.29, 0.717) is 6.42 Å². The molecule has 0 aromatic carbocycles. The molecule has 1 aliphatic rings. The van der Waals surface area contributed by atoms with Crippen molar-refractivity contribution in [3.63, 3.8) is 0 Å². The number of carboxylic acid groups (broad SMARTS) is 1. The van der Waals surface area contributed by atoms with Gasteiger partial charge >= 0.3 is 5.97 Å². The molecule has 0 aromatic rings. The lowest BCUT2D eigenvalue weighted by molar-refractivity contribution is -0.134. The van der Waals surface area contributed by atoms with Crippen LogP contribution in [-0.4, -0.2) is 16.9 Å². The average molecular weight is 168 g/mol. The molecule has 0 saturated heterocycles. The zero-order valence-corrected chi connectivity index (χ0v) is 6.88. The maximum atomic E-state index is 11.0. The summed E-state index contributed by atoms with van der Waals surface area (Å²) < 4.78 is 0. The second kappa shape index (κ2) is 4.04. The minimum absolute atomic E-state index is 0.0448. The highest BCUT2D eigenvalue weighted by Crippen LogP contribution is 2.14. The number of carbonyl (C=O) groups is 2. The van der Waals surface area contributed by atoms with Crippen LogP contribution in [0.3, 0.4) is 0 Å². The van der Waals surface area contributed by atoms with Crippen LogP contribution in [0.4, 0.5) is 0 Å². The lowest BCUT2D eigenvalue weighted by Crippen LogP contribution is -2.09. The van der Waals surface area contributed by atoms with Gasteiger partial charge in [0.05, 0.1) is 0 Å². The van der Waals surface area contributed by atoms with Crippen LogP contribution in [-0.2, 0) is 9.59 Å². The van der Waals surface area contributed by atoms with Crippen molar-refractivity contribution in [3.8, 4) is 0 Å². The van der Waals surface area contributed by atoms with Crippen LogP contribution in [0.1, 0.15) is 32.1 Å². The number of allylic oxidation sites excluding steroid dienone is 1. The van der Waals surface area contributed by atoms with Crippen molar-refractivity contribution >= 4 is 11.8 Å². The van der Waals surface area contributed by atoms with E-state index >= 15 is 0 Å². The Balaban J connectivity index is 2.68. The number of hydrogen-bond donors (Lipinski definition) is 1. The highest BCUT2D eigenvalue weighted by molar-refractivity contribution is 5.94. The summed E-state index contributed by atoms with van der Waals surface area (Å²) >= 11 is 0. The molecule has 0 spiro atoms. The molecule has 0 aliphatic heterocycles. The number of carbonyl (C=O) groups excluding carboxylic acids is 1. The third-order valence-electron chi connectivity index (χ3n) is 1.96. The summed E-state index contributed by atoms with van der Waals surface area (Å²) in [5.74, 6) is -0.909. The molecule has 0 bridgehead atoms. The molecule has 0 radical (unpaired) electrons. The van der Waals surface area contributed by atoms with E-state index in [1.54, 1.807) is 6.08 Å². The highest BCUT2D eigenvalue weighted by atomic mass is 16.4. The van der Waals surface area contributed by atoms with E-state index in [4.69, 9.17) is 5.11 Å². The quantitative estimate of drug-likeness (QED) is 0.646. The van der Waals surface area contributed by atoms with Gasteiger partial charge in [0, 0.05) is 18.4 Å². The molecule has 3 nitrogen and oxygen atoms in total. The van der Waals surface area contributed by atoms with Gasteiger partial charge in [-0.25, -0.2) is 4.79 Å². The molecule has 0 aromatic heterocycles. The van der Waals surface area contributed by atoms with Crippen molar-refractivity contribution in [2.24, 2.45) is 0 Å². The summed E-state index contributed by atoms with van der Waals surface area (Å²) in [5, 5.41) is 8.65. The first-order chi connectivity index (χ1) is 5.70. The van der Waals surface area contributed by atoms with Gasteiger partial charge in [0.1, 0.15) is 5.78 Å². The van der Waals surface area contributed by atoms with E-state index < -0.39 is 5.97 Å². The summed E-state index contributed by atoms with van der Waals surface area (Å²) in [5.41, 5.74) is 0.264. The number of carboxylic acids is 1. The monoisotopic (exact) mass is 168 g/mol. The van der Waals surface area contributed by atoms with Gasteiger partial charge in [-0.15, -0.1) is 0 Å². The van der Waals surface area contributed by atoms with Crippen LogP contribution in [0.5, 0.6) is 0 Å². The Morgan fingerprint density at radius 3 is 2.83 bits per heavy atom. The SMILES string of the molecule is O=C1CCCC/C=C(/C(=O)O)C1. The molecular weight excluding hydrogens is 156 g/mol. The number of ketones is 1. The minimum atomic E-state index is -0.953. The molecule has 1 N–H and O–H groups in total. The van der Waals surface area contributed by atoms with Crippen molar-refractivity contribution in [1.82, 2.24) is 0 Å². The molecule has 12 heavy (non-hydrogen) atoms. The topological polar surface area (TPSA) is 54.4 Å². The Morgan fingerprint density at radius 2 is 2.17 bits per heavy atom. The van der Waals surface area contributed by atoms with Crippen LogP contribution in [0.15, 0.2) is 11.6 Å². The van der Waals surface area contributed by atoms with Gasteiger partial charge in [-0.3, -0.25) is 4.79 Å². The first kappa shape index (κ1) is 8.97. The first-order valence-corrected chi connectivity index (χ1v) is 4.14. The van der Waals surface area contributed by atoms with Crippen LogP contribution in [0, 0.1) is 0 Å². The number of hydrogen-bond acceptors (Lipinski definition) is 2. The van der Waals surface area contributed by atoms with Gasteiger partial charge in [-0.1, -0.05) is 6.08 Å². The van der Waals surface area contributed by atoms with Gasteiger partial charge in [-0.2, -0.15) is 0 Å². The Labute approximate surface area is 71.1 Å². The zero-order chi connectivity index (χ0) is 8.97. The molecule has 3 heteroatoms. The van der Waals surface area contributed by atoms with E-state index in [9.17, 15) is 9.59 Å². The summed E-state index contributed by atoms with van der Waals surface area (Å²) in [7, 11) is 0. The van der Waals surface area contributed by atoms with E-state index in [2.05, 4.69) is 0 Å². The van der Waals surface area contributed by atoms with Crippen molar-refractivity contribution in [1.29, 1.82) is 0 Å². The first-order valence-electron chi connectivity index (χ1n) is 4.14. The fraction of sp³-hybridized carbons (Fsp3) is 0.556. The van der Waals surface area contributed by atoms with Crippen molar-refractivity contribution in [2.45, 2.75) is 32.1 Å². The van der Waals surface area contributed by atoms with E-state index in [1.165, 1.54) is 0 Å². The number of rotatable bonds is 1. The summed E-state index contributed by atoms with van der Waals surface area (Å²) in [4.78, 5) is 21.6. The lowest BCUT2D eigenvalue weighted by atomic mass is 9.99. The van der Waals surface area contributed by atoms with Crippen molar-refractivity contribution < 1.29 is 14.7 Å². The molecule has 0 unspecified atom stereocenters. The van der Waals surface area contributed by atoms with E-state index in [-0.39, 0.29) is 17.8 Å². The van der Waals surface area contributed by atoms with Crippen LogP contribution >= 0.6 is 0 Å². The Hall–Kier alpha value is -1.12. The van der Waals surface area contributed by atoms with Crippen LogP contribution < -0.4 is 0 Å². The molecule has 0 fully saturated rings. The van der Waals surface area contributed by atoms with E-state index in [0.717, 1.165) is 19.3 Å². The third-order valence-corrected chi connectivity index (χ3v) is 1.96. The molecular formula is C9H12O3. The lowest BCUT2D eigenvalue weighted by Gasteiger charge is -2.06. The summed E-state index contributed by atoms with van der Waals surface area (Å²) in [6.45, 7) is 0. The van der Waals surface area contributed by atoms with Gasteiger partial charge in [0.2, 0.25) is 0 Å². The molecule has 0 amide bonds. The van der Waals surface area contributed by atoms with Gasteiger partial charge in [-0.05, 0) is 19.3 Å². The molecule has 0 saturated carbocycles. The fourth-order valence-corrected chi connectivity index (χ4v) is 1.28. The maximum absolute atomic E-state index is 11.0. The van der Waals surface area contributed by atoms with Crippen LogP contribution in [0.2, 0.25) is 0 Å². The van der Waals surface area contributed by atoms with Crippen molar-refractivity contribution in [3.05, 3.63) is 11.6 Å². The predicted octanol–water partition coefficient (Wildman–Crippen LogP) is 1.53. The Kier molecular flexibility index (Phi) is 3.02. The molecule has 66 valence electrons. The third kappa shape index (κ3) is 2.49. The van der Waals surface area contributed by atoms with E-state index in [1.807, 2.05) is 0 Å². The summed E-state index contributed by atoms with van der Waals surface area (Å²) in [6.07, 6.45) is 4.90. The number of Topliss-reactive ketones (excluding diaryl/α,β-unsaturated/α-hetero) is 1. The predicted molar refractivity (Wildman–Crippen MR) is 43.8 cm³/mol. The smallest absolute Gasteiger partial charge is 0.331 e. The molecule has 0 atom stereocenters. The largest absolute Gasteiger partial charge is 0.478 e. The van der Waals surface area contributed by atoms with Crippen LogP contribution in [0.25, 0.3) is 0 Å².